The van der Waals surface area contributed by atoms with Gasteiger partial charge in [0.15, 0.2) is 0 Å². The number of carbonyl (C=O) groups is 2. The van der Waals surface area contributed by atoms with Gasteiger partial charge in [0.1, 0.15) is 5.76 Å². The summed E-state index contributed by atoms with van der Waals surface area (Å²) in [6.45, 7) is 8.61. The van der Waals surface area contributed by atoms with E-state index in [2.05, 4.69) is 38.2 Å². The van der Waals surface area contributed by atoms with E-state index in [0.29, 0.717) is 6.42 Å². The minimum Gasteiger partial charge on any atom is -0.469 e. The molecule has 2 aliphatic rings. The average molecular weight is 518 g/mol. The molecule has 0 aliphatic heterocycles. The molecule has 0 saturated heterocycles. The molecule has 0 spiro atoms. The molecule has 2 aliphatic carbocycles. The molecular weight excluding hydrogens is 474 g/mol. The Morgan fingerprint density at radius 1 is 1.16 bits per heavy atom. The van der Waals surface area contributed by atoms with Gasteiger partial charge in [0, 0.05) is 0 Å². The van der Waals surface area contributed by atoms with E-state index in [-0.39, 0.29) is 29.3 Å². The van der Waals surface area contributed by atoms with Crippen molar-refractivity contribution in [2.24, 2.45) is 16.7 Å². The van der Waals surface area contributed by atoms with Crippen molar-refractivity contribution in [2.45, 2.75) is 85.1 Å². The third-order valence-electron chi connectivity index (χ3n) is 9.25. The molecule has 1 heterocycles. The monoisotopic (exact) mass is 517 g/mol. The van der Waals surface area contributed by atoms with Crippen molar-refractivity contribution in [3.63, 3.8) is 0 Å². The summed E-state index contributed by atoms with van der Waals surface area (Å²) in [5.41, 5.74) is 4.78. The quantitative estimate of drug-likeness (QED) is 0.215. The minimum absolute atomic E-state index is 0.0169. The molecule has 204 valence electrons. The molecule has 38 heavy (non-hydrogen) atoms. The van der Waals surface area contributed by atoms with Crippen molar-refractivity contribution in [3.8, 4) is 0 Å². The second-order valence-electron chi connectivity index (χ2n) is 11.6. The predicted octanol–water partition coefficient (Wildman–Crippen LogP) is 7.28. The zero-order valence-electron chi connectivity index (χ0n) is 23.6. The SMILES string of the molecule is C/C=C/C(=O)NC(Cc1ccccc1)c1occc1CCC1=C(C)CC[C@H]2[C@@](C)(C(=O)OC)CCC[C@]12C. The van der Waals surface area contributed by atoms with Gasteiger partial charge in [0.05, 0.1) is 24.8 Å². The van der Waals surface area contributed by atoms with Crippen LogP contribution in [0.15, 0.2) is 70.4 Å². The molecule has 5 heteroatoms. The Bertz CT molecular complexity index is 1190. The summed E-state index contributed by atoms with van der Waals surface area (Å²) >= 11 is 0. The number of nitrogens with one attached hydrogen (secondary N) is 1. The number of carbonyl (C=O) groups excluding carboxylic acids is 2. The van der Waals surface area contributed by atoms with Gasteiger partial charge in [0.2, 0.25) is 5.91 Å². The molecule has 0 radical (unpaired) electrons. The van der Waals surface area contributed by atoms with Crippen LogP contribution >= 0.6 is 0 Å². The fourth-order valence-corrected chi connectivity index (χ4v) is 7.40. The van der Waals surface area contributed by atoms with Crippen LogP contribution in [0.1, 0.15) is 89.1 Å². The zero-order valence-corrected chi connectivity index (χ0v) is 23.6. The number of hydrogen-bond donors (Lipinski definition) is 1. The van der Waals surface area contributed by atoms with Gasteiger partial charge < -0.3 is 14.5 Å². The number of aryl methyl sites for hydroxylation is 1. The number of allylic oxidation sites excluding steroid dienone is 3. The van der Waals surface area contributed by atoms with Crippen molar-refractivity contribution in [2.75, 3.05) is 7.11 Å². The van der Waals surface area contributed by atoms with Crippen molar-refractivity contribution < 1.29 is 18.7 Å². The Labute approximate surface area is 227 Å². The summed E-state index contributed by atoms with van der Waals surface area (Å²) in [6, 6.07) is 12.0. The fraction of sp³-hybridized carbons (Fsp3) is 0.515. The molecule has 1 amide bonds. The maximum absolute atomic E-state index is 12.9. The van der Waals surface area contributed by atoms with Crippen LogP contribution in [0.4, 0.5) is 0 Å². The Hall–Kier alpha value is -3.08. The van der Waals surface area contributed by atoms with Crippen molar-refractivity contribution in [3.05, 3.63) is 82.8 Å². The lowest BCUT2D eigenvalue weighted by molar-refractivity contribution is -0.163. The van der Waals surface area contributed by atoms with Crippen molar-refractivity contribution >= 4 is 11.9 Å². The number of fused-ring (bicyclic) bond motifs is 1. The predicted molar refractivity (Wildman–Crippen MR) is 150 cm³/mol. The first-order valence-corrected chi connectivity index (χ1v) is 14.0. The second kappa shape index (κ2) is 11.8. The molecular formula is C33H43NO4. The van der Waals surface area contributed by atoms with Gasteiger partial charge in [-0.2, -0.15) is 0 Å². The molecule has 1 N–H and O–H groups in total. The van der Waals surface area contributed by atoms with Crippen LogP contribution in [0.5, 0.6) is 0 Å². The normalized spacial score (nSPS) is 26.2. The maximum Gasteiger partial charge on any atom is 0.311 e. The summed E-state index contributed by atoms with van der Waals surface area (Å²) in [5, 5.41) is 3.16. The lowest BCUT2D eigenvalue weighted by atomic mass is 9.49. The number of esters is 1. The molecule has 1 aromatic heterocycles. The highest BCUT2D eigenvalue weighted by atomic mass is 16.5. The molecule has 2 aromatic rings. The lowest BCUT2D eigenvalue weighted by Gasteiger charge is -2.54. The lowest BCUT2D eigenvalue weighted by Crippen LogP contribution is -2.50. The maximum atomic E-state index is 12.9. The first-order valence-electron chi connectivity index (χ1n) is 14.0. The van der Waals surface area contributed by atoms with Crippen LogP contribution in [-0.4, -0.2) is 19.0 Å². The van der Waals surface area contributed by atoms with E-state index in [1.807, 2.05) is 31.2 Å². The average Bonchev–Trinajstić information content (AvgIpc) is 3.36. The zero-order chi connectivity index (χ0) is 27.3. The van der Waals surface area contributed by atoms with Crippen LogP contribution in [0, 0.1) is 16.7 Å². The number of amides is 1. The highest BCUT2D eigenvalue weighted by molar-refractivity contribution is 5.87. The van der Waals surface area contributed by atoms with Gasteiger partial charge in [-0.05, 0) is 100 Å². The smallest absolute Gasteiger partial charge is 0.311 e. The van der Waals surface area contributed by atoms with E-state index in [9.17, 15) is 9.59 Å². The Morgan fingerprint density at radius 2 is 1.92 bits per heavy atom. The van der Waals surface area contributed by atoms with Gasteiger partial charge >= 0.3 is 5.97 Å². The standard InChI is InChI=1S/C33H43NO4/c1-6-11-29(35)34-27(22-24-12-8-7-9-13-24)30-25(18-21-38-30)15-16-26-23(2)14-17-28-32(26,3)19-10-20-33(28,4)31(36)37-5/h6-9,11-13,18,21,27-28H,10,14-17,19-20,22H2,1-5H3,(H,34,35)/b11-6+/t27?,28-,32-,33+/m1/s1. The second-order valence-corrected chi connectivity index (χ2v) is 11.6. The molecule has 1 aromatic carbocycles. The summed E-state index contributed by atoms with van der Waals surface area (Å²) in [4.78, 5) is 25.5. The molecule has 1 unspecified atom stereocenters. The van der Waals surface area contributed by atoms with Crippen LogP contribution in [-0.2, 0) is 27.2 Å². The van der Waals surface area contributed by atoms with E-state index in [1.165, 1.54) is 18.3 Å². The summed E-state index contributed by atoms with van der Waals surface area (Å²) < 4.78 is 11.3. The molecule has 1 saturated carbocycles. The van der Waals surface area contributed by atoms with Crippen LogP contribution in [0.3, 0.4) is 0 Å². The Balaban J connectivity index is 1.59. The topological polar surface area (TPSA) is 68.5 Å². The number of methoxy groups -OCH3 is 1. The van der Waals surface area contributed by atoms with E-state index >= 15 is 0 Å². The molecule has 5 nitrogen and oxygen atoms in total. The molecule has 0 bridgehead atoms. The van der Waals surface area contributed by atoms with Crippen LogP contribution < -0.4 is 5.32 Å². The fourth-order valence-electron chi connectivity index (χ4n) is 7.40. The highest BCUT2D eigenvalue weighted by Crippen LogP contribution is 2.60. The summed E-state index contributed by atoms with van der Waals surface area (Å²) in [5.74, 6) is 0.918. The Morgan fingerprint density at radius 3 is 2.63 bits per heavy atom. The van der Waals surface area contributed by atoms with Gasteiger partial charge in [0.25, 0.3) is 0 Å². The van der Waals surface area contributed by atoms with Crippen molar-refractivity contribution in [1.29, 1.82) is 0 Å². The number of ether oxygens (including phenoxy) is 1. The number of benzene rings is 1. The molecule has 4 atom stereocenters. The minimum atomic E-state index is -0.438. The van der Waals surface area contributed by atoms with Gasteiger partial charge in [-0.3, -0.25) is 9.59 Å². The van der Waals surface area contributed by atoms with Gasteiger partial charge in [-0.1, -0.05) is 60.9 Å². The number of furan rings is 1. The van der Waals surface area contributed by atoms with Gasteiger partial charge in [-0.15, -0.1) is 0 Å². The van der Waals surface area contributed by atoms with Crippen LogP contribution in [0.2, 0.25) is 0 Å². The third kappa shape index (κ3) is 5.52. The van der Waals surface area contributed by atoms with E-state index in [0.717, 1.165) is 61.8 Å². The van der Waals surface area contributed by atoms with E-state index in [1.54, 1.807) is 18.4 Å². The molecule has 1 fully saturated rings. The van der Waals surface area contributed by atoms with Crippen LogP contribution in [0.25, 0.3) is 0 Å². The molecule has 4 rings (SSSR count). The van der Waals surface area contributed by atoms with E-state index < -0.39 is 5.41 Å². The first-order chi connectivity index (χ1) is 18.2. The largest absolute Gasteiger partial charge is 0.469 e. The highest BCUT2D eigenvalue weighted by Gasteiger charge is 2.55. The number of rotatable bonds is 9. The van der Waals surface area contributed by atoms with E-state index in [4.69, 9.17) is 9.15 Å². The number of hydrogen-bond acceptors (Lipinski definition) is 4. The first kappa shape index (κ1) is 27.9. The third-order valence-corrected chi connectivity index (χ3v) is 9.25. The summed E-state index contributed by atoms with van der Waals surface area (Å²) in [7, 11) is 1.52. The van der Waals surface area contributed by atoms with Gasteiger partial charge in [-0.25, -0.2) is 0 Å². The Kier molecular flexibility index (Phi) is 8.64. The summed E-state index contributed by atoms with van der Waals surface area (Å²) in [6.07, 6.45) is 12.5. The van der Waals surface area contributed by atoms with Crippen molar-refractivity contribution in [1.82, 2.24) is 5.32 Å².